The Balaban J connectivity index is 2.88. The second-order valence-electron chi connectivity index (χ2n) is 3.17. The molecule has 0 aliphatic carbocycles. The predicted octanol–water partition coefficient (Wildman–Crippen LogP) is 1.85. The van der Waals surface area contributed by atoms with E-state index in [4.69, 9.17) is 10.00 Å². The predicted molar refractivity (Wildman–Crippen MR) is 62.8 cm³/mol. The molecule has 1 N–H and O–H groups in total. The third-order valence-electron chi connectivity index (χ3n) is 1.95. The Hall–Kier alpha value is -2.35. The zero-order chi connectivity index (χ0) is 12.7. The van der Waals surface area contributed by atoms with Crippen molar-refractivity contribution in [3.8, 4) is 6.07 Å². The van der Waals surface area contributed by atoms with Crippen molar-refractivity contribution in [2.45, 2.75) is 13.8 Å². The van der Waals surface area contributed by atoms with E-state index < -0.39 is 5.97 Å². The molecule has 5 heteroatoms. The van der Waals surface area contributed by atoms with Gasteiger partial charge in [0.25, 0.3) is 0 Å². The average Bonchev–Trinajstić information content (AvgIpc) is 2.31. The fraction of sp³-hybridized carbons (Fsp3) is 0.250. The standard InChI is InChI=1S/C12H13N3O2/c1-3-17-12(16)10(8-13)9(2)15-11-6-4-5-7-14-11/h4-7H,3H2,1-2H3,(H,14,15)/b10-9+. The fourth-order valence-corrected chi connectivity index (χ4v) is 1.18. The van der Waals surface area contributed by atoms with Crippen LogP contribution in [0.4, 0.5) is 5.82 Å². The quantitative estimate of drug-likeness (QED) is 0.486. The van der Waals surface area contributed by atoms with Crippen LogP contribution in [0.2, 0.25) is 0 Å². The smallest absolute Gasteiger partial charge is 0.350 e. The van der Waals surface area contributed by atoms with Gasteiger partial charge in [-0.05, 0) is 26.0 Å². The topological polar surface area (TPSA) is 75.0 Å². The minimum absolute atomic E-state index is 0.0440. The summed E-state index contributed by atoms with van der Waals surface area (Å²) < 4.78 is 4.77. The molecular formula is C12H13N3O2. The van der Waals surface area contributed by atoms with Crippen LogP contribution in [0.15, 0.2) is 35.7 Å². The Labute approximate surface area is 99.7 Å². The largest absolute Gasteiger partial charge is 0.462 e. The summed E-state index contributed by atoms with van der Waals surface area (Å²) in [6.07, 6.45) is 1.62. The van der Waals surface area contributed by atoms with Gasteiger partial charge in [0.15, 0.2) is 5.57 Å². The van der Waals surface area contributed by atoms with E-state index in [-0.39, 0.29) is 12.2 Å². The average molecular weight is 231 g/mol. The molecule has 0 fully saturated rings. The van der Waals surface area contributed by atoms with Gasteiger partial charge in [-0.25, -0.2) is 9.78 Å². The van der Waals surface area contributed by atoms with Crippen molar-refractivity contribution < 1.29 is 9.53 Å². The highest BCUT2D eigenvalue weighted by Crippen LogP contribution is 2.10. The first-order chi connectivity index (χ1) is 8.19. The molecule has 1 aromatic rings. The van der Waals surface area contributed by atoms with Crippen LogP contribution in [0.5, 0.6) is 0 Å². The first-order valence-electron chi connectivity index (χ1n) is 5.15. The Kier molecular flexibility index (Phi) is 4.70. The molecule has 17 heavy (non-hydrogen) atoms. The molecular weight excluding hydrogens is 218 g/mol. The number of hydrogen-bond donors (Lipinski definition) is 1. The number of allylic oxidation sites excluding steroid dienone is 1. The monoisotopic (exact) mass is 231 g/mol. The molecule has 1 heterocycles. The van der Waals surface area contributed by atoms with Crippen molar-refractivity contribution in [1.82, 2.24) is 4.98 Å². The maximum atomic E-state index is 11.4. The van der Waals surface area contributed by atoms with Crippen LogP contribution in [-0.4, -0.2) is 17.6 Å². The second-order valence-corrected chi connectivity index (χ2v) is 3.17. The first kappa shape index (κ1) is 12.7. The number of anilines is 1. The lowest BCUT2D eigenvalue weighted by atomic mass is 10.2. The number of carbonyl (C=O) groups excluding carboxylic acids is 1. The van der Waals surface area contributed by atoms with E-state index in [0.717, 1.165) is 0 Å². The molecule has 0 aromatic carbocycles. The highest BCUT2D eigenvalue weighted by atomic mass is 16.5. The van der Waals surface area contributed by atoms with Gasteiger partial charge in [0.05, 0.1) is 6.61 Å². The zero-order valence-electron chi connectivity index (χ0n) is 9.73. The Bertz CT molecular complexity index is 460. The van der Waals surface area contributed by atoms with E-state index in [1.165, 1.54) is 0 Å². The molecule has 0 unspecified atom stereocenters. The van der Waals surface area contributed by atoms with Crippen LogP contribution >= 0.6 is 0 Å². The lowest BCUT2D eigenvalue weighted by molar-refractivity contribution is -0.138. The third-order valence-corrected chi connectivity index (χ3v) is 1.95. The number of pyridine rings is 1. The number of rotatable bonds is 4. The minimum atomic E-state index is -0.629. The molecule has 0 aliphatic heterocycles. The highest BCUT2D eigenvalue weighted by Gasteiger charge is 2.13. The number of carbonyl (C=O) groups is 1. The van der Waals surface area contributed by atoms with Crippen molar-refractivity contribution in [2.75, 3.05) is 11.9 Å². The molecule has 0 spiro atoms. The van der Waals surface area contributed by atoms with E-state index >= 15 is 0 Å². The van der Waals surface area contributed by atoms with Crippen LogP contribution in [0.25, 0.3) is 0 Å². The summed E-state index contributed by atoms with van der Waals surface area (Å²) in [5.41, 5.74) is 0.377. The van der Waals surface area contributed by atoms with Gasteiger partial charge in [-0.2, -0.15) is 5.26 Å². The number of esters is 1. The van der Waals surface area contributed by atoms with E-state index in [1.54, 1.807) is 38.2 Å². The van der Waals surface area contributed by atoms with Gasteiger partial charge in [-0.15, -0.1) is 0 Å². The summed E-state index contributed by atoms with van der Waals surface area (Å²) in [7, 11) is 0. The fourth-order valence-electron chi connectivity index (χ4n) is 1.18. The Morgan fingerprint density at radius 1 is 1.59 bits per heavy atom. The van der Waals surface area contributed by atoms with Crippen LogP contribution in [0.3, 0.4) is 0 Å². The maximum absolute atomic E-state index is 11.4. The van der Waals surface area contributed by atoms with Crippen molar-refractivity contribution in [1.29, 1.82) is 5.26 Å². The minimum Gasteiger partial charge on any atom is -0.462 e. The van der Waals surface area contributed by atoms with Gasteiger partial charge in [-0.3, -0.25) is 0 Å². The molecule has 88 valence electrons. The van der Waals surface area contributed by atoms with E-state index in [2.05, 4.69) is 10.3 Å². The highest BCUT2D eigenvalue weighted by molar-refractivity contribution is 5.94. The molecule has 0 saturated heterocycles. The number of nitriles is 1. The third kappa shape index (κ3) is 3.61. The number of aromatic nitrogens is 1. The van der Waals surface area contributed by atoms with E-state index in [0.29, 0.717) is 11.5 Å². The molecule has 0 atom stereocenters. The summed E-state index contributed by atoms with van der Waals surface area (Å²) >= 11 is 0. The van der Waals surface area contributed by atoms with Crippen molar-refractivity contribution in [3.05, 3.63) is 35.7 Å². The molecule has 0 saturated carbocycles. The van der Waals surface area contributed by atoms with Crippen LogP contribution < -0.4 is 5.32 Å². The number of nitrogens with one attached hydrogen (secondary N) is 1. The first-order valence-corrected chi connectivity index (χ1v) is 5.15. The summed E-state index contributed by atoms with van der Waals surface area (Å²) in [4.78, 5) is 15.5. The lowest BCUT2D eigenvalue weighted by Crippen LogP contribution is -2.11. The van der Waals surface area contributed by atoms with Crippen molar-refractivity contribution in [3.63, 3.8) is 0 Å². The summed E-state index contributed by atoms with van der Waals surface area (Å²) in [5.74, 6) is -0.0574. The Morgan fingerprint density at radius 2 is 2.35 bits per heavy atom. The zero-order valence-corrected chi connectivity index (χ0v) is 9.73. The number of ether oxygens (including phenoxy) is 1. The van der Waals surface area contributed by atoms with Gasteiger partial charge in [0, 0.05) is 11.9 Å². The van der Waals surface area contributed by atoms with Gasteiger partial charge < -0.3 is 10.1 Å². The normalized spacial score (nSPS) is 11.1. The maximum Gasteiger partial charge on any atom is 0.350 e. The van der Waals surface area contributed by atoms with Crippen LogP contribution in [-0.2, 0) is 9.53 Å². The van der Waals surface area contributed by atoms with Crippen molar-refractivity contribution >= 4 is 11.8 Å². The van der Waals surface area contributed by atoms with Gasteiger partial charge in [0.2, 0.25) is 0 Å². The number of hydrogen-bond acceptors (Lipinski definition) is 5. The second kappa shape index (κ2) is 6.28. The van der Waals surface area contributed by atoms with Crippen LogP contribution in [0, 0.1) is 11.3 Å². The van der Waals surface area contributed by atoms with Crippen LogP contribution in [0.1, 0.15) is 13.8 Å². The van der Waals surface area contributed by atoms with Gasteiger partial charge in [-0.1, -0.05) is 6.07 Å². The Morgan fingerprint density at radius 3 is 2.88 bits per heavy atom. The summed E-state index contributed by atoms with van der Waals surface area (Å²) in [6.45, 7) is 3.56. The SMILES string of the molecule is CCOC(=O)/C(C#N)=C(\C)Nc1ccccn1. The molecule has 1 rings (SSSR count). The summed E-state index contributed by atoms with van der Waals surface area (Å²) in [6, 6.07) is 7.14. The molecule has 1 aromatic heterocycles. The molecule has 0 bridgehead atoms. The molecule has 0 radical (unpaired) electrons. The van der Waals surface area contributed by atoms with E-state index in [9.17, 15) is 4.79 Å². The van der Waals surface area contributed by atoms with E-state index in [1.807, 2.05) is 6.07 Å². The summed E-state index contributed by atoms with van der Waals surface area (Å²) in [5, 5.41) is 11.8. The molecule has 0 amide bonds. The van der Waals surface area contributed by atoms with Gasteiger partial charge >= 0.3 is 5.97 Å². The van der Waals surface area contributed by atoms with Crippen molar-refractivity contribution in [2.24, 2.45) is 0 Å². The molecule has 0 aliphatic rings. The lowest BCUT2D eigenvalue weighted by Gasteiger charge is -2.07. The number of nitrogens with zero attached hydrogens (tertiary/aromatic N) is 2. The molecule has 5 nitrogen and oxygen atoms in total. The van der Waals surface area contributed by atoms with Gasteiger partial charge in [0.1, 0.15) is 11.9 Å².